The molecule has 1 fully saturated rings. The summed E-state index contributed by atoms with van der Waals surface area (Å²) >= 11 is 1.31. The lowest BCUT2D eigenvalue weighted by Crippen LogP contribution is -2.29. The van der Waals surface area contributed by atoms with E-state index in [9.17, 15) is 14.7 Å². The number of fused-ring (bicyclic) bond motifs is 1. The fourth-order valence-corrected chi connectivity index (χ4v) is 4.88. The van der Waals surface area contributed by atoms with Crippen molar-refractivity contribution < 1.29 is 23.8 Å². The zero-order valence-corrected chi connectivity index (χ0v) is 18.1. The van der Waals surface area contributed by atoms with Gasteiger partial charge in [-0.2, -0.15) is 0 Å². The molecule has 1 N–H and O–H groups in total. The SMILES string of the molecule is COc1cccc(C(O)=C2C(=O)C(=O)N(c3nc4ccc(C)cc4s3)[C@H]2c2ccco2)c1. The van der Waals surface area contributed by atoms with Gasteiger partial charge in [-0.3, -0.25) is 14.5 Å². The van der Waals surface area contributed by atoms with Crippen molar-refractivity contribution in [3.8, 4) is 5.75 Å². The minimum atomic E-state index is -0.946. The Morgan fingerprint density at radius 3 is 2.75 bits per heavy atom. The predicted octanol–water partition coefficient (Wildman–Crippen LogP) is 4.83. The van der Waals surface area contributed by atoms with Gasteiger partial charge < -0.3 is 14.3 Å². The molecule has 0 aliphatic carbocycles. The average Bonchev–Trinajstić information content (AvgIpc) is 3.52. The number of carbonyl (C=O) groups is 2. The fraction of sp³-hybridized carbons (Fsp3) is 0.125. The number of aliphatic hydroxyl groups excluding tert-OH is 1. The van der Waals surface area contributed by atoms with Gasteiger partial charge in [0.1, 0.15) is 23.3 Å². The van der Waals surface area contributed by atoms with Crippen LogP contribution in [0.2, 0.25) is 0 Å². The fourth-order valence-electron chi connectivity index (χ4n) is 3.79. The van der Waals surface area contributed by atoms with Crippen LogP contribution in [0, 0.1) is 6.92 Å². The van der Waals surface area contributed by atoms with Crippen LogP contribution in [0.4, 0.5) is 5.13 Å². The zero-order valence-electron chi connectivity index (χ0n) is 17.2. The van der Waals surface area contributed by atoms with Crippen LogP contribution in [0.1, 0.15) is 22.9 Å². The van der Waals surface area contributed by atoms with Crippen molar-refractivity contribution in [2.24, 2.45) is 0 Å². The molecule has 0 bridgehead atoms. The highest BCUT2D eigenvalue weighted by Gasteiger charge is 2.49. The van der Waals surface area contributed by atoms with E-state index in [0.717, 1.165) is 15.8 Å². The molecular formula is C24H18N2O5S. The Hall–Kier alpha value is -3.91. The molecule has 1 amide bonds. The Morgan fingerprint density at radius 1 is 1.16 bits per heavy atom. The molecule has 2 aromatic carbocycles. The van der Waals surface area contributed by atoms with E-state index in [4.69, 9.17) is 9.15 Å². The molecule has 1 saturated heterocycles. The Kier molecular flexibility index (Phi) is 4.79. The van der Waals surface area contributed by atoms with Crippen LogP contribution in [-0.2, 0) is 9.59 Å². The first-order valence-electron chi connectivity index (χ1n) is 9.84. The maximum atomic E-state index is 13.2. The number of amides is 1. The van der Waals surface area contributed by atoms with Crippen LogP contribution >= 0.6 is 11.3 Å². The summed E-state index contributed by atoms with van der Waals surface area (Å²) in [6.45, 7) is 1.97. The number of ether oxygens (including phenoxy) is 1. The molecule has 160 valence electrons. The second-order valence-electron chi connectivity index (χ2n) is 7.38. The number of aliphatic hydroxyl groups is 1. The lowest BCUT2D eigenvalue weighted by Gasteiger charge is -2.20. The molecule has 32 heavy (non-hydrogen) atoms. The second-order valence-corrected chi connectivity index (χ2v) is 8.39. The number of hydrogen-bond donors (Lipinski definition) is 1. The van der Waals surface area contributed by atoms with Gasteiger partial charge in [-0.05, 0) is 48.9 Å². The molecule has 5 rings (SSSR count). The Morgan fingerprint density at radius 2 is 2.00 bits per heavy atom. The number of benzene rings is 2. The van der Waals surface area contributed by atoms with Crippen LogP contribution in [0.5, 0.6) is 5.75 Å². The predicted molar refractivity (Wildman–Crippen MR) is 121 cm³/mol. The number of methoxy groups -OCH3 is 1. The first kappa shape index (κ1) is 20.0. The summed E-state index contributed by atoms with van der Waals surface area (Å²) in [6.07, 6.45) is 1.46. The molecule has 7 nitrogen and oxygen atoms in total. The first-order valence-corrected chi connectivity index (χ1v) is 10.7. The van der Waals surface area contributed by atoms with E-state index in [1.807, 2.05) is 25.1 Å². The van der Waals surface area contributed by atoms with Crippen LogP contribution in [0.25, 0.3) is 16.0 Å². The lowest BCUT2D eigenvalue weighted by atomic mass is 9.99. The Bertz CT molecular complexity index is 1390. The topological polar surface area (TPSA) is 92.9 Å². The van der Waals surface area contributed by atoms with Crippen molar-refractivity contribution in [3.63, 3.8) is 0 Å². The summed E-state index contributed by atoms with van der Waals surface area (Å²) < 4.78 is 11.7. The van der Waals surface area contributed by atoms with Gasteiger partial charge in [0.05, 0.1) is 29.2 Å². The minimum absolute atomic E-state index is 0.0614. The van der Waals surface area contributed by atoms with Crippen LogP contribution in [0.3, 0.4) is 0 Å². The monoisotopic (exact) mass is 446 g/mol. The standard InChI is InChI=1S/C24H18N2O5S/c1-13-8-9-16-18(11-13)32-24(25-16)26-20(17-7-4-10-31-17)19(22(28)23(26)29)21(27)14-5-3-6-15(12-14)30-2/h3-12,20,27H,1-2H3/t20-/m0/s1. The third-order valence-electron chi connectivity index (χ3n) is 5.34. The van der Waals surface area contributed by atoms with Gasteiger partial charge in [0.25, 0.3) is 5.78 Å². The van der Waals surface area contributed by atoms with Crippen molar-refractivity contribution in [2.45, 2.75) is 13.0 Å². The van der Waals surface area contributed by atoms with Crippen LogP contribution in [-0.4, -0.2) is 28.9 Å². The molecule has 8 heteroatoms. The number of Topliss-reactive ketones (excluding diaryl/α,β-unsaturated/α-hetero) is 1. The Balaban J connectivity index is 1.71. The number of anilines is 1. The van der Waals surface area contributed by atoms with E-state index < -0.39 is 17.7 Å². The van der Waals surface area contributed by atoms with Crippen molar-refractivity contribution in [2.75, 3.05) is 12.0 Å². The maximum absolute atomic E-state index is 13.2. The van der Waals surface area contributed by atoms with Gasteiger partial charge in [-0.15, -0.1) is 0 Å². The number of nitrogens with zero attached hydrogens (tertiary/aromatic N) is 2. The van der Waals surface area contributed by atoms with Crippen molar-refractivity contribution in [3.05, 3.63) is 83.3 Å². The summed E-state index contributed by atoms with van der Waals surface area (Å²) in [5.41, 5.74) is 2.09. The highest BCUT2D eigenvalue weighted by atomic mass is 32.1. The van der Waals surface area contributed by atoms with E-state index >= 15 is 0 Å². The average molecular weight is 446 g/mol. The van der Waals surface area contributed by atoms with Crippen LogP contribution < -0.4 is 9.64 Å². The number of aryl methyl sites for hydroxylation is 1. The molecule has 0 saturated carbocycles. The molecule has 2 aromatic heterocycles. The smallest absolute Gasteiger partial charge is 0.302 e. The van der Waals surface area contributed by atoms with Crippen LogP contribution in [0.15, 0.2) is 70.9 Å². The van der Waals surface area contributed by atoms with Gasteiger partial charge >= 0.3 is 5.91 Å². The zero-order chi connectivity index (χ0) is 22.4. The van der Waals surface area contributed by atoms with E-state index in [1.54, 1.807) is 36.4 Å². The van der Waals surface area contributed by atoms with E-state index in [-0.39, 0.29) is 11.3 Å². The number of hydrogen-bond acceptors (Lipinski definition) is 7. The molecule has 1 aliphatic rings. The maximum Gasteiger partial charge on any atom is 0.302 e. The normalized spacial score (nSPS) is 17.9. The molecule has 4 aromatic rings. The number of ketones is 1. The summed E-state index contributed by atoms with van der Waals surface area (Å²) in [7, 11) is 1.51. The summed E-state index contributed by atoms with van der Waals surface area (Å²) in [5.74, 6) is -1.01. The summed E-state index contributed by atoms with van der Waals surface area (Å²) in [4.78, 5) is 32.2. The first-order chi connectivity index (χ1) is 15.5. The third kappa shape index (κ3) is 3.16. The number of thiazole rings is 1. The van der Waals surface area contributed by atoms with E-state index in [2.05, 4.69) is 4.98 Å². The summed E-state index contributed by atoms with van der Waals surface area (Å²) in [6, 6.07) is 14.8. The third-order valence-corrected chi connectivity index (χ3v) is 6.36. The van der Waals surface area contributed by atoms with Gasteiger partial charge in [0.15, 0.2) is 5.13 Å². The molecule has 1 aliphatic heterocycles. The molecule has 0 spiro atoms. The lowest BCUT2D eigenvalue weighted by molar-refractivity contribution is -0.132. The second kappa shape index (κ2) is 7.65. The van der Waals surface area contributed by atoms with Crippen molar-refractivity contribution in [1.29, 1.82) is 0 Å². The quantitative estimate of drug-likeness (QED) is 0.274. The summed E-state index contributed by atoms with van der Waals surface area (Å²) in [5, 5.41) is 11.5. The van der Waals surface area contributed by atoms with E-state index in [0.29, 0.717) is 22.2 Å². The Labute approximate surface area is 187 Å². The van der Waals surface area contributed by atoms with Crippen molar-refractivity contribution in [1.82, 2.24) is 4.98 Å². The van der Waals surface area contributed by atoms with Crippen molar-refractivity contribution >= 4 is 44.1 Å². The van der Waals surface area contributed by atoms with Gasteiger partial charge in [0, 0.05) is 5.56 Å². The van der Waals surface area contributed by atoms with Gasteiger partial charge in [-0.1, -0.05) is 29.5 Å². The molecular weight excluding hydrogens is 428 g/mol. The highest BCUT2D eigenvalue weighted by molar-refractivity contribution is 7.22. The molecule has 1 atom stereocenters. The number of aromatic nitrogens is 1. The molecule has 0 unspecified atom stereocenters. The molecule has 3 heterocycles. The van der Waals surface area contributed by atoms with Gasteiger partial charge in [0.2, 0.25) is 0 Å². The highest BCUT2D eigenvalue weighted by Crippen LogP contribution is 2.44. The number of rotatable bonds is 4. The van der Waals surface area contributed by atoms with E-state index in [1.165, 1.54) is 29.6 Å². The molecule has 0 radical (unpaired) electrons. The van der Waals surface area contributed by atoms with Gasteiger partial charge in [-0.25, -0.2) is 4.98 Å². The number of furan rings is 1. The largest absolute Gasteiger partial charge is 0.507 e. The number of carbonyl (C=O) groups excluding carboxylic acids is 2. The minimum Gasteiger partial charge on any atom is -0.507 e.